The van der Waals surface area contributed by atoms with Gasteiger partial charge in [0.25, 0.3) is 5.56 Å². The summed E-state index contributed by atoms with van der Waals surface area (Å²) < 4.78 is 1.30. The second-order valence-corrected chi connectivity index (χ2v) is 5.80. The van der Waals surface area contributed by atoms with Crippen molar-refractivity contribution in [3.05, 3.63) is 31.6 Å². The van der Waals surface area contributed by atoms with Gasteiger partial charge in [-0.05, 0) is 25.7 Å². The Hall–Kier alpha value is -1.03. The normalized spacial score (nSPS) is 12.9. The molecule has 1 unspecified atom stereocenters. The number of aromatic nitrogens is 2. The summed E-state index contributed by atoms with van der Waals surface area (Å²) in [6.07, 6.45) is 3.46. The molecule has 1 atom stereocenters. The van der Waals surface area contributed by atoms with E-state index in [0.717, 1.165) is 19.3 Å². The van der Waals surface area contributed by atoms with Gasteiger partial charge in [0.2, 0.25) is 0 Å². The van der Waals surface area contributed by atoms with Gasteiger partial charge in [-0.15, -0.1) is 0 Å². The first-order chi connectivity index (χ1) is 8.88. The van der Waals surface area contributed by atoms with Gasteiger partial charge >= 0.3 is 5.69 Å². The van der Waals surface area contributed by atoms with E-state index in [2.05, 4.69) is 18.8 Å². The van der Waals surface area contributed by atoms with Crippen LogP contribution >= 0.6 is 11.6 Å². The first kappa shape index (κ1) is 16.0. The molecule has 1 N–H and O–H groups in total. The van der Waals surface area contributed by atoms with Crippen LogP contribution in [0.25, 0.3) is 0 Å². The van der Waals surface area contributed by atoms with E-state index >= 15 is 0 Å². The molecule has 0 fully saturated rings. The monoisotopic (exact) mass is 286 g/mol. The van der Waals surface area contributed by atoms with Crippen LogP contribution in [-0.4, -0.2) is 9.55 Å². The quantitative estimate of drug-likeness (QED) is 0.817. The molecular weight excluding hydrogens is 264 g/mol. The zero-order valence-corrected chi connectivity index (χ0v) is 12.9. The maximum absolute atomic E-state index is 12.2. The van der Waals surface area contributed by atoms with E-state index < -0.39 is 5.69 Å². The smallest absolute Gasteiger partial charge is 0.297 e. The summed E-state index contributed by atoms with van der Waals surface area (Å²) in [5, 5.41) is 0.170. The lowest BCUT2D eigenvalue weighted by Gasteiger charge is -2.16. The third kappa shape index (κ3) is 3.96. The Morgan fingerprint density at radius 2 is 1.84 bits per heavy atom. The molecule has 0 aliphatic heterocycles. The summed E-state index contributed by atoms with van der Waals surface area (Å²) in [5.74, 6) is 0.638. The zero-order chi connectivity index (χ0) is 14.6. The summed E-state index contributed by atoms with van der Waals surface area (Å²) in [4.78, 5) is 26.7. The van der Waals surface area contributed by atoms with Gasteiger partial charge in [0.05, 0.1) is 5.56 Å². The standard InChI is InChI=1S/C14H23ClN2O2/c1-5-11-12(15)16-14(19)17(13(11)18)10(4)8-6-7-9(2)3/h9-10H,5-8H2,1-4H3,(H,16,19). The fraction of sp³-hybridized carbons (Fsp3) is 0.714. The van der Waals surface area contributed by atoms with Crippen molar-refractivity contribution in [1.29, 1.82) is 0 Å². The molecule has 0 aliphatic carbocycles. The topological polar surface area (TPSA) is 54.9 Å². The number of nitrogens with zero attached hydrogens (tertiary/aromatic N) is 1. The van der Waals surface area contributed by atoms with E-state index in [1.807, 2.05) is 13.8 Å². The average Bonchev–Trinajstić information content (AvgIpc) is 2.28. The van der Waals surface area contributed by atoms with Gasteiger partial charge in [0.15, 0.2) is 0 Å². The van der Waals surface area contributed by atoms with Gasteiger partial charge in [-0.1, -0.05) is 45.2 Å². The number of aromatic amines is 1. The summed E-state index contributed by atoms with van der Waals surface area (Å²) in [5.41, 5.74) is -0.186. The van der Waals surface area contributed by atoms with E-state index in [9.17, 15) is 9.59 Å². The SMILES string of the molecule is CCc1c(Cl)[nH]c(=O)n(C(C)CCCC(C)C)c1=O. The maximum Gasteiger partial charge on any atom is 0.329 e. The van der Waals surface area contributed by atoms with Crippen LogP contribution < -0.4 is 11.2 Å². The number of rotatable bonds is 6. The fourth-order valence-corrected chi connectivity index (χ4v) is 2.51. The molecule has 1 aromatic heterocycles. The number of nitrogens with one attached hydrogen (secondary N) is 1. The highest BCUT2D eigenvalue weighted by Crippen LogP contribution is 2.15. The van der Waals surface area contributed by atoms with Crippen LogP contribution in [0.4, 0.5) is 0 Å². The zero-order valence-electron chi connectivity index (χ0n) is 12.1. The lowest BCUT2D eigenvalue weighted by Crippen LogP contribution is -2.39. The molecule has 1 rings (SSSR count). The molecule has 0 amide bonds. The molecule has 108 valence electrons. The van der Waals surface area contributed by atoms with Crippen molar-refractivity contribution in [2.75, 3.05) is 0 Å². The van der Waals surface area contributed by atoms with Crippen molar-refractivity contribution >= 4 is 11.6 Å². The molecule has 5 heteroatoms. The third-order valence-corrected chi connectivity index (χ3v) is 3.70. The second kappa shape index (κ2) is 6.94. The molecule has 4 nitrogen and oxygen atoms in total. The Labute approximate surface area is 118 Å². The van der Waals surface area contributed by atoms with Crippen molar-refractivity contribution in [2.45, 2.75) is 59.4 Å². The molecule has 0 spiro atoms. The summed E-state index contributed by atoms with van der Waals surface area (Å²) >= 11 is 5.89. The van der Waals surface area contributed by atoms with E-state index in [-0.39, 0.29) is 16.8 Å². The minimum atomic E-state index is -0.413. The van der Waals surface area contributed by atoms with Crippen molar-refractivity contribution in [3.63, 3.8) is 0 Å². The predicted molar refractivity (Wildman–Crippen MR) is 79.1 cm³/mol. The van der Waals surface area contributed by atoms with E-state index in [1.54, 1.807) is 0 Å². The lowest BCUT2D eigenvalue weighted by atomic mass is 10.0. The van der Waals surface area contributed by atoms with Gasteiger partial charge in [0, 0.05) is 6.04 Å². The summed E-state index contributed by atoms with van der Waals surface area (Å²) in [6.45, 7) is 8.10. The number of hydrogen-bond acceptors (Lipinski definition) is 2. The van der Waals surface area contributed by atoms with E-state index in [1.165, 1.54) is 4.57 Å². The van der Waals surface area contributed by atoms with E-state index in [0.29, 0.717) is 17.9 Å². The van der Waals surface area contributed by atoms with Gasteiger partial charge in [-0.25, -0.2) is 4.79 Å². The molecule has 0 saturated carbocycles. The first-order valence-corrected chi connectivity index (χ1v) is 7.29. The Bertz CT molecular complexity index is 531. The van der Waals surface area contributed by atoms with Crippen molar-refractivity contribution in [1.82, 2.24) is 9.55 Å². The highest BCUT2D eigenvalue weighted by atomic mass is 35.5. The molecule has 1 aromatic rings. The largest absolute Gasteiger partial charge is 0.329 e. The Morgan fingerprint density at radius 3 is 2.37 bits per heavy atom. The average molecular weight is 287 g/mol. The molecule has 0 aliphatic rings. The molecule has 19 heavy (non-hydrogen) atoms. The highest BCUT2D eigenvalue weighted by Gasteiger charge is 2.15. The van der Waals surface area contributed by atoms with Crippen LogP contribution in [-0.2, 0) is 6.42 Å². The Kier molecular flexibility index (Phi) is 5.85. The van der Waals surface area contributed by atoms with Gasteiger partial charge in [-0.2, -0.15) is 0 Å². The van der Waals surface area contributed by atoms with Crippen LogP contribution in [0.15, 0.2) is 9.59 Å². The van der Waals surface area contributed by atoms with Gasteiger partial charge in [-0.3, -0.25) is 14.3 Å². The first-order valence-electron chi connectivity index (χ1n) is 6.91. The number of H-pyrrole nitrogens is 1. The number of halogens is 1. The summed E-state index contributed by atoms with van der Waals surface area (Å²) in [7, 11) is 0. The summed E-state index contributed by atoms with van der Waals surface area (Å²) in [6, 6.07) is -0.0995. The predicted octanol–water partition coefficient (Wildman–Crippen LogP) is 3.14. The van der Waals surface area contributed by atoms with Crippen molar-refractivity contribution in [3.8, 4) is 0 Å². The van der Waals surface area contributed by atoms with Crippen molar-refractivity contribution < 1.29 is 0 Å². The van der Waals surface area contributed by atoms with Crippen LogP contribution in [0.3, 0.4) is 0 Å². The highest BCUT2D eigenvalue weighted by molar-refractivity contribution is 6.30. The molecular formula is C14H23ClN2O2. The minimum absolute atomic E-state index is 0.0995. The lowest BCUT2D eigenvalue weighted by molar-refractivity contribution is 0.425. The van der Waals surface area contributed by atoms with Gasteiger partial charge < -0.3 is 0 Å². The molecule has 0 saturated heterocycles. The van der Waals surface area contributed by atoms with Gasteiger partial charge in [0.1, 0.15) is 5.15 Å². The minimum Gasteiger partial charge on any atom is -0.297 e. The molecule has 0 aromatic carbocycles. The second-order valence-electron chi connectivity index (χ2n) is 5.43. The van der Waals surface area contributed by atoms with Crippen LogP contribution in [0.1, 0.15) is 58.6 Å². The third-order valence-electron chi connectivity index (χ3n) is 3.38. The molecule has 0 bridgehead atoms. The van der Waals surface area contributed by atoms with Crippen LogP contribution in [0.2, 0.25) is 5.15 Å². The Morgan fingerprint density at radius 1 is 1.21 bits per heavy atom. The van der Waals surface area contributed by atoms with Crippen LogP contribution in [0, 0.1) is 5.92 Å². The van der Waals surface area contributed by atoms with Crippen LogP contribution in [0.5, 0.6) is 0 Å². The molecule has 0 radical (unpaired) electrons. The number of hydrogen-bond donors (Lipinski definition) is 1. The molecule has 1 heterocycles. The van der Waals surface area contributed by atoms with Crippen molar-refractivity contribution in [2.24, 2.45) is 5.92 Å². The Balaban J connectivity index is 3.00. The van der Waals surface area contributed by atoms with E-state index in [4.69, 9.17) is 11.6 Å². The maximum atomic E-state index is 12.2. The fourth-order valence-electron chi connectivity index (χ4n) is 2.22.